The predicted molar refractivity (Wildman–Crippen MR) is 63.2 cm³/mol. The molecule has 0 aliphatic heterocycles. The quantitative estimate of drug-likeness (QED) is 0.414. The van der Waals surface area contributed by atoms with Crippen LogP contribution < -0.4 is 69.3 Å². The maximum absolute atomic E-state index is 10.9. The second-order valence-electron chi connectivity index (χ2n) is 3.98. The summed E-state index contributed by atoms with van der Waals surface area (Å²) in [5.74, 6) is -3.02. The Hall–Kier alpha value is -1.14. The van der Waals surface area contributed by atoms with E-state index in [1.54, 1.807) is 6.92 Å². The molecule has 0 fully saturated rings. The first kappa shape index (κ1) is 20.9. The van der Waals surface area contributed by atoms with Gasteiger partial charge in [-0.05, 0) is 36.2 Å². The average molecular weight is 315 g/mol. The van der Waals surface area contributed by atoms with E-state index in [4.69, 9.17) is 6.57 Å². The van der Waals surface area contributed by atoms with Gasteiger partial charge in [-0.2, -0.15) is 5.10 Å². The summed E-state index contributed by atoms with van der Waals surface area (Å²) in [6.07, 6.45) is 1.31. The molecule has 9 heteroatoms. The molecular weight excluding hydrogens is 308 g/mol. The number of aromatic carboxylic acids is 2. The smallest absolute Gasteiger partial charge is 0.545 e. The van der Waals surface area contributed by atoms with Gasteiger partial charge in [0, 0.05) is 5.69 Å². The van der Waals surface area contributed by atoms with Crippen molar-refractivity contribution in [1.82, 2.24) is 9.78 Å². The van der Waals surface area contributed by atoms with Gasteiger partial charge in [0.15, 0.2) is 0 Å². The topological polar surface area (TPSA) is 102 Å². The Bertz CT molecular complexity index is 733. The second kappa shape index (κ2) is 8.48. The molecule has 1 aromatic carbocycles. The van der Waals surface area contributed by atoms with Gasteiger partial charge in [-0.3, -0.25) is 0 Å². The molecule has 0 saturated heterocycles. The van der Waals surface area contributed by atoms with E-state index in [0.29, 0.717) is 11.4 Å². The number of hydrogen-bond acceptors (Lipinski definition) is 5. The summed E-state index contributed by atoms with van der Waals surface area (Å²) >= 11 is 0. The number of carbonyl (C=O) groups is 2. The fourth-order valence-corrected chi connectivity index (χ4v) is 1.74. The largest absolute Gasteiger partial charge is 1.00 e. The van der Waals surface area contributed by atoms with Crippen LogP contribution in [0, 0.1) is 13.5 Å². The summed E-state index contributed by atoms with van der Waals surface area (Å²) in [6.45, 7) is 8.56. The summed E-state index contributed by atoms with van der Waals surface area (Å²) in [7, 11) is 0. The van der Waals surface area contributed by atoms with Crippen LogP contribution in [-0.4, -0.2) is 21.7 Å². The maximum Gasteiger partial charge on any atom is 1.00 e. The molecule has 0 aliphatic carbocycles. The van der Waals surface area contributed by atoms with Crippen molar-refractivity contribution in [3.63, 3.8) is 0 Å². The van der Waals surface area contributed by atoms with Crippen LogP contribution in [0.5, 0.6) is 0 Å². The van der Waals surface area contributed by atoms with Crippen LogP contribution in [0.3, 0.4) is 0 Å². The number of rotatable bonds is 3. The Morgan fingerprint density at radius 2 is 1.64 bits per heavy atom. The van der Waals surface area contributed by atoms with Crippen LogP contribution in [0.1, 0.15) is 26.4 Å². The van der Waals surface area contributed by atoms with Gasteiger partial charge in [-0.15, -0.1) is 0 Å². The van der Waals surface area contributed by atoms with Crippen molar-refractivity contribution in [2.45, 2.75) is 6.92 Å². The van der Waals surface area contributed by atoms with Crippen molar-refractivity contribution in [2.24, 2.45) is 0 Å². The molecule has 0 atom stereocenters. The van der Waals surface area contributed by atoms with E-state index in [2.05, 4.69) is 9.94 Å². The van der Waals surface area contributed by atoms with Gasteiger partial charge >= 0.3 is 59.1 Å². The molecule has 0 unspecified atom stereocenters. The standard InChI is InChI=1S/C13H9N3O4.2Na/c1-7-11(14-2)6-15-16(7)10-4-8(12(17)18)3-9(5-10)13(19)20;;/h3-6H,1H3,(H,17,18)(H,19,20);;/q;2*+1/p-2. The van der Waals surface area contributed by atoms with Crippen LogP contribution in [0.4, 0.5) is 5.69 Å². The number of nitrogens with zero attached hydrogens (tertiary/aromatic N) is 3. The molecular formula is C13H7N3Na2O4. The molecule has 0 N–H and O–H groups in total. The van der Waals surface area contributed by atoms with E-state index in [1.165, 1.54) is 23.0 Å². The zero-order valence-corrected chi connectivity index (χ0v) is 16.3. The van der Waals surface area contributed by atoms with E-state index >= 15 is 0 Å². The summed E-state index contributed by atoms with van der Waals surface area (Å²) in [6, 6.07) is 3.38. The SMILES string of the molecule is [C-]#[N+]c1cnn(-c2cc(C(=O)[O-])cc(C(=O)[O-])c2)c1C.[Na+].[Na+]. The van der Waals surface area contributed by atoms with Crippen molar-refractivity contribution in [3.05, 3.63) is 52.6 Å². The van der Waals surface area contributed by atoms with E-state index in [1.807, 2.05) is 0 Å². The first-order valence-electron chi connectivity index (χ1n) is 5.44. The van der Waals surface area contributed by atoms with Gasteiger partial charge in [-0.1, -0.05) is 0 Å². The summed E-state index contributed by atoms with van der Waals surface area (Å²) in [5.41, 5.74) is 0.360. The molecule has 0 bridgehead atoms. The third kappa shape index (κ3) is 4.20. The first-order valence-corrected chi connectivity index (χ1v) is 5.44. The molecule has 2 rings (SSSR count). The van der Waals surface area contributed by atoms with E-state index in [0.717, 1.165) is 6.07 Å². The number of carbonyl (C=O) groups excluding carboxylic acids is 2. The van der Waals surface area contributed by atoms with Crippen molar-refractivity contribution in [3.8, 4) is 5.69 Å². The molecule has 1 aromatic heterocycles. The van der Waals surface area contributed by atoms with Crippen LogP contribution >= 0.6 is 0 Å². The molecule has 7 nitrogen and oxygen atoms in total. The van der Waals surface area contributed by atoms with Crippen LogP contribution in [0.25, 0.3) is 10.5 Å². The molecule has 1 heterocycles. The number of carboxylic acid groups (broad SMARTS) is 2. The Morgan fingerprint density at radius 3 is 2.00 bits per heavy atom. The van der Waals surface area contributed by atoms with E-state index < -0.39 is 11.9 Å². The molecule has 0 radical (unpaired) electrons. The van der Waals surface area contributed by atoms with Gasteiger partial charge in [0.2, 0.25) is 5.69 Å². The monoisotopic (exact) mass is 315 g/mol. The zero-order valence-electron chi connectivity index (χ0n) is 12.3. The predicted octanol–water partition coefficient (Wildman–Crippen LogP) is -6.53. The average Bonchev–Trinajstić information content (AvgIpc) is 2.79. The molecule has 0 aliphatic rings. The van der Waals surface area contributed by atoms with Gasteiger partial charge in [0.1, 0.15) is 0 Å². The Balaban J connectivity index is 0.00000220. The molecule has 0 amide bonds. The summed E-state index contributed by atoms with van der Waals surface area (Å²) < 4.78 is 1.28. The van der Waals surface area contributed by atoms with Gasteiger partial charge in [0.05, 0.1) is 30.4 Å². The summed E-state index contributed by atoms with van der Waals surface area (Å²) in [5, 5.41) is 25.7. The molecule has 2 aromatic rings. The van der Waals surface area contributed by atoms with E-state index in [9.17, 15) is 19.8 Å². The fraction of sp³-hybridized carbons (Fsp3) is 0.0769. The molecule has 0 saturated carbocycles. The van der Waals surface area contributed by atoms with Gasteiger partial charge < -0.3 is 19.8 Å². The number of aromatic nitrogens is 2. The Morgan fingerprint density at radius 1 is 1.14 bits per heavy atom. The Kier molecular flexibility index (Phi) is 8.04. The molecule has 0 spiro atoms. The number of hydrogen-bond donors (Lipinski definition) is 0. The van der Waals surface area contributed by atoms with Gasteiger partial charge in [-0.25, -0.2) is 9.53 Å². The van der Waals surface area contributed by atoms with Crippen LogP contribution in [-0.2, 0) is 0 Å². The molecule has 22 heavy (non-hydrogen) atoms. The van der Waals surface area contributed by atoms with Crippen molar-refractivity contribution >= 4 is 17.6 Å². The third-order valence-corrected chi connectivity index (χ3v) is 2.74. The Labute approximate surface area is 170 Å². The minimum absolute atomic E-state index is 0. The zero-order chi connectivity index (χ0) is 14.9. The van der Waals surface area contributed by atoms with Crippen LogP contribution in [0.15, 0.2) is 24.4 Å². The number of carboxylic acids is 2. The number of benzene rings is 1. The third-order valence-electron chi connectivity index (χ3n) is 2.74. The normalized spacial score (nSPS) is 9.09. The first-order chi connectivity index (χ1) is 9.43. The van der Waals surface area contributed by atoms with Crippen molar-refractivity contribution in [1.29, 1.82) is 0 Å². The van der Waals surface area contributed by atoms with Crippen molar-refractivity contribution in [2.75, 3.05) is 0 Å². The van der Waals surface area contributed by atoms with Gasteiger partial charge in [0.25, 0.3) is 0 Å². The van der Waals surface area contributed by atoms with Crippen molar-refractivity contribution < 1.29 is 78.9 Å². The fourth-order valence-electron chi connectivity index (χ4n) is 1.74. The van der Waals surface area contributed by atoms with E-state index in [-0.39, 0.29) is 75.9 Å². The van der Waals surface area contributed by atoms with Crippen LogP contribution in [0.2, 0.25) is 0 Å². The summed E-state index contributed by atoms with van der Waals surface area (Å²) in [4.78, 5) is 25.0. The second-order valence-corrected chi connectivity index (χ2v) is 3.98. The minimum atomic E-state index is -1.51. The maximum atomic E-state index is 10.9. The minimum Gasteiger partial charge on any atom is -0.545 e. The molecule has 100 valence electrons.